The van der Waals surface area contributed by atoms with E-state index in [-0.39, 0.29) is 24.3 Å². The third-order valence-corrected chi connectivity index (χ3v) is 5.06. The van der Waals surface area contributed by atoms with Crippen LogP contribution >= 0.6 is 0 Å². The average Bonchev–Trinajstić information content (AvgIpc) is 2.63. The van der Waals surface area contributed by atoms with Gasteiger partial charge in [-0.3, -0.25) is 4.79 Å². The van der Waals surface area contributed by atoms with Gasteiger partial charge in [-0.1, -0.05) is 13.0 Å². The fourth-order valence-corrected chi connectivity index (χ4v) is 3.25. The Bertz CT molecular complexity index is 914. The van der Waals surface area contributed by atoms with E-state index in [1.54, 1.807) is 13.0 Å². The number of nitrogens with zero attached hydrogens (tertiary/aromatic N) is 1. The largest absolute Gasteiger partial charge is 0.385 e. The van der Waals surface area contributed by atoms with Crippen LogP contribution in [0.5, 0.6) is 0 Å². The van der Waals surface area contributed by atoms with Crippen molar-refractivity contribution in [3.05, 3.63) is 58.9 Å². The normalized spacial score (nSPS) is 16.5. The van der Waals surface area contributed by atoms with Gasteiger partial charge in [-0.15, -0.1) is 0 Å². The molecule has 0 saturated carbocycles. The maximum atomic E-state index is 14.4. The van der Waals surface area contributed by atoms with Crippen LogP contribution in [0.1, 0.15) is 29.3 Å². The zero-order valence-electron chi connectivity index (χ0n) is 15.6. The Kier molecular flexibility index (Phi) is 5.36. The van der Waals surface area contributed by atoms with E-state index in [1.165, 1.54) is 17.0 Å². The number of carbonyl (C=O) groups is 1. The van der Waals surface area contributed by atoms with Gasteiger partial charge in [0.15, 0.2) is 11.6 Å². The Balaban J connectivity index is 1.90. The molecule has 1 fully saturated rings. The summed E-state index contributed by atoms with van der Waals surface area (Å²) in [4.78, 5) is 14.1. The average molecular weight is 393 g/mol. The Morgan fingerprint density at radius 1 is 1.25 bits per heavy atom. The van der Waals surface area contributed by atoms with E-state index >= 15 is 0 Å². The molecule has 4 N–H and O–H groups in total. The lowest BCUT2D eigenvalue weighted by molar-refractivity contribution is -0.0971. The molecule has 1 aliphatic heterocycles. The standard InChI is InChI=1S/C20H22F3N3O2/c1-3-16(24)20(28)9-26(10-20)19(27)12-5-6-13(21)17(23)18(12)25-15-7-4-11(2)8-14(15)22/h4-8,16,25,28H,3,9-10,24H2,1-2H3. The molecule has 2 aromatic carbocycles. The molecule has 1 aliphatic rings. The lowest BCUT2D eigenvalue weighted by atomic mass is 9.84. The number of amides is 1. The summed E-state index contributed by atoms with van der Waals surface area (Å²) >= 11 is 0. The third kappa shape index (κ3) is 3.57. The van der Waals surface area contributed by atoms with Crippen LogP contribution in [0.25, 0.3) is 0 Å². The van der Waals surface area contributed by atoms with E-state index in [2.05, 4.69) is 5.32 Å². The summed E-state index contributed by atoms with van der Waals surface area (Å²) in [7, 11) is 0. The van der Waals surface area contributed by atoms with Gasteiger partial charge in [0.05, 0.1) is 30.0 Å². The van der Waals surface area contributed by atoms with Crippen LogP contribution in [0.3, 0.4) is 0 Å². The van der Waals surface area contributed by atoms with Crippen LogP contribution in [-0.2, 0) is 0 Å². The summed E-state index contributed by atoms with van der Waals surface area (Å²) in [6, 6.07) is 5.69. The Labute approximate surface area is 161 Å². The summed E-state index contributed by atoms with van der Waals surface area (Å²) in [5.41, 5.74) is 4.61. The summed E-state index contributed by atoms with van der Waals surface area (Å²) < 4.78 is 42.4. The molecule has 0 spiro atoms. The number of rotatable bonds is 5. The number of likely N-dealkylation sites (tertiary alicyclic amines) is 1. The lowest BCUT2D eigenvalue weighted by Gasteiger charge is -2.49. The van der Waals surface area contributed by atoms with Gasteiger partial charge in [0.2, 0.25) is 0 Å². The molecule has 0 aromatic heterocycles. The van der Waals surface area contributed by atoms with Crippen molar-refractivity contribution < 1.29 is 23.1 Å². The first-order valence-corrected chi connectivity index (χ1v) is 8.94. The second kappa shape index (κ2) is 7.44. The first-order chi connectivity index (χ1) is 13.2. The number of aliphatic hydroxyl groups is 1. The van der Waals surface area contributed by atoms with Gasteiger partial charge in [-0.05, 0) is 43.2 Å². The zero-order chi connectivity index (χ0) is 20.6. The van der Waals surface area contributed by atoms with Crippen LogP contribution in [0.2, 0.25) is 0 Å². The van der Waals surface area contributed by atoms with Crippen molar-refractivity contribution in [3.8, 4) is 0 Å². The summed E-state index contributed by atoms with van der Waals surface area (Å²) in [5.74, 6) is -3.72. The maximum Gasteiger partial charge on any atom is 0.256 e. The van der Waals surface area contributed by atoms with E-state index in [0.717, 1.165) is 12.1 Å². The van der Waals surface area contributed by atoms with Gasteiger partial charge in [0.1, 0.15) is 11.4 Å². The molecule has 3 rings (SSSR count). The molecule has 1 heterocycles. The van der Waals surface area contributed by atoms with Crippen molar-refractivity contribution in [2.75, 3.05) is 18.4 Å². The molecule has 1 amide bonds. The minimum atomic E-state index is -1.29. The Hall–Kier alpha value is -2.58. The van der Waals surface area contributed by atoms with Crippen molar-refractivity contribution in [3.63, 3.8) is 0 Å². The fourth-order valence-electron chi connectivity index (χ4n) is 3.25. The molecule has 150 valence electrons. The number of carbonyl (C=O) groups excluding carboxylic acids is 1. The highest BCUT2D eigenvalue weighted by molar-refractivity contribution is 6.01. The fraction of sp³-hybridized carbons (Fsp3) is 0.350. The van der Waals surface area contributed by atoms with Gasteiger partial charge >= 0.3 is 0 Å². The highest BCUT2D eigenvalue weighted by atomic mass is 19.2. The molecule has 1 unspecified atom stereocenters. The number of aryl methyl sites for hydroxylation is 1. The van der Waals surface area contributed by atoms with Crippen molar-refractivity contribution >= 4 is 17.3 Å². The molecule has 1 atom stereocenters. The van der Waals surface area contributed by atoms with Gasteiger partial charge in [-0.25, -0.2) is 13.2 Å². The van der Waals surface area contributed by atoms with Crippen LogP contribution in [0, 0.1) is 24.4 Å². The topological polar surface area (TPSA) is 78.6 Å². The molecular weight excluding hydrogens is 371 g/mol. The van der Waals surface area contributed by atoms with E-state index in [9.17, 15) is 23.1 Å². The second-order valence-corrected chi connectivity index (χ2v) is 7.17. The van der Waals surface area contributed by atoms with Gasteiger partial charge in [-0.2, -0.15) is 0 Å². The monoisotopic (exact) mass is 393 g/mol. The first kappa shape index (κ1) is 20.2. The smallest absolute Gasteiger partial charge is 0.256 e. The number of benzene rings is 2. The predicted molar refractivity (Wildman–Crippen MR) is 99.9 cm³/mol. The SMILES string of the molecule is CCC(N)C1(O)CN(C(=O)c2ccc(F)c(F)c2Nc2ccc(C)cc2F)C1. The van der Waals surface area contributed by atoms with Crippen LogP contribution in [0.4, 0.5) is 24.5 Å². The first-order valence-electron chi connectivity index (χ1n) is 8.94. The highest BCUT2D eigenvalue weighted by Crippen LogP contribution is 2.32. The lowest BCUT2D eigenvalue weighted by Crippen LogP contribution is -2.70. The number of β-amino-alcohol motifs (C(OH)–C–C–N with tert-alkyl or cyclic N) is 1. The highest BCUT2D eigenvalue weighted by Gasteiger charge is 2.47. The van der Waals surface area contributed by atoms with Crippen molar-refractivity contribution in [1.29, 1.82) is 0 Å². The molecular formula is C20H22F3N3O2. The molecule has 1 saturated heterocycles. The van der Waals surface area contributed by atoms with Gasteiger partial charge < -0.3 is 21.1 Å². The van der Waals surface area contributed by atoms with Gasteiger partial charge in [0, 0.05) is 6.04 Å². The second-order valence-electron chi connectivity index (χ2n) is 7.17. The number of halogens is 3. The molecule has 5 nitrogen and oxygen atoms in total. The van der Waals surface area contributed by atoms with Crippen molar-refractivity contribution in [2.24, 2.45) is 5.73 Å². The third-order valence-electron chi connectivity index (χ3n) is 5.06. The molecule has 2 aromatic rings. The molecule has 0 bridgehead atoms. The van der Waals surface area contributed by atoms with Crippen molar-refractivity contribution in [2.45, 2.75) is 31.9 Å². The molecule has 0 aliphatic carbocycles. The summed E-state index contributed by atoms with van der Waals surface area (Å²) in [6.45, 7) is 3.48. The minimum absolute atomic E-state index is 0.0157. The number of nitrogens with two attached hydrogens (primary N) is 1. The van der Waals surface area contributed by atoms with Crippen LogP contribution < -0.4 is 11.1 Å². The number of anilines is 2. The number of hydrogen-bond acceptors (Lipinski definition) is 4. The van der Waals surface area contributed by atoms with Crippen molar-refractivity contribution in [1.82, 2.24) is 4.90 Å². The van der Waals surface area contributed by atoms with Crippen LogP contribution in [-0.4, -0.2) is 40.6 Å². The maximum absolute atomic E-state index is 14.4. The number of nitrogens with one attached hydrogen (secondary N) is 1. The quantitative estimate of drug-likeness (QED) is 0.730. The van der Waals surface area contributed by atoms with Gasteiger partial charge in [0.25, 0.3) is 5.91 Å². The predicted octanol–water partition coefficient (Wildman–Crippen LogP) is 3.08. The molecule has 28 heavy (non-hydrogen) atoms. The molecule has 8 heteroatoms. The minimum Gasteiger partial charge on any atom is -0.385 e. The zero-order valence-corrected chi connectivity index (χ0v) is 15.6. The van der Waals surface area contributed by atoms with Crippen LogP contribution in [0.15, 0.2) is 30.3 Å². The Morgan fingerprint density at radius 2 is 1.93 bits per heavy atom. The van der Waals surface area contributed by atoms with E-state index in [0.29, 0.717) is 12.0 Å². The molecule has 0 radical (unpaired) electrons. The van der Waals surface area contributed by atoms with E-state index in [1.807, 2.05) is 6.92 Å². The summed E-state index contributed by atoms with van der Waals surface area (Å²) in [5, 5.41) is 12.9. The Morgan fingerprint density at radius 3 is 2.54 bits per heavy atom. The number of hydrogen-bond donors (Lipinski definition) is 3. The summed E-state index contributed by atoms with van der Waals surface area (Å²) in [6.07, 6.45) is 0.531. The van der Waals surface area contributed by atoms with E-state index in [4.69, 9.17) is 5.73 Å². The van der Waals surface area contributed by atoms with E-state index < -0.39 is 40.7 Å².